The highest BCUT2D eigenvalue weighted by molar-refractivity contribution is 5.67. The van der Waals surface area contributed by atoms with Crippen molar-refractivity contribution in [1.29, 1.82) is 0 Å². The number of benzene rings is 2. The highest BCUT2D eigenvalue weighted by Gasteiger charge is 2.02. The number of likely N-dealkylation sites (N-methyl/N-ethyl adjacent to an activating group) is 1. The van der Waals surface area contributed by atoms with Gasteiger partial charge in [0.05, 0.1) is 0 Å². The molecule has 88 valence electrons. The van der Waals surface area contributed by atoms with Crippen LogP contribution in [0.1, 0.15) is 11.1 Å². The molecule has 0 aliphatic heterocycles. The Hall–Kier alpha value is -1.60. The zero-order valence-corrected chi connectivity index (χ0v) is 10.5. The fraction of sp³-hybridized carbons (Fsp3) is 0.250. The SMILES string of the molecule is CNCCc1ccc(C)c(-c2ccccc2)c1. The third kappa shape index (κ3) is 2.95. The number of aryl methyl sites for hydroxylation is 1. The molecule has 1 heteroatoms. The Morgan fingerprint density at radius 3 is 2.47 bits per heavy atom. The van der Waals surface area contributed by atoms with E-state index in [1.807, 2.05) is 7.05 Å². The Bertz CT molecular complexity index is 474. The van der Waals surface area contributed by atoms with Crippen molar-refractivity contribution in [3.05, 3.63) is 59.7 Å². The molecule has 0 amide bonds. The molecule has 0 atom stereocenters. The fourth-order valence-corrected chi connectivity index (χ4v) is 2.02. The molecule has 0 heterocycles. The van der Waals surface area contributed by atoms with Crippen LogP contribution in [0.5, 0.6) is 0 Å². The first kappa shape index (κ1) is 11.9. The summed E-state index contributed by atoms with van der Waals surface area (Å²) in [6, 6.07) is 17.3. The zero-order chi connectivity index (χ0) is 12.1. The minimum atomic E-state index is 1.03. The van der Waals surface area contributed by atoms with Crippen LogP contribution < -0.4 is 5.32 Å². The van der Waals surface area contributed by atoms with Gasteiger partial charge in [0.15, 0.2) is 0 Å². The second-order valence-corrected chi connectivity index (χ2v) is 4.37. The van der Waals surface area contributed by atoms with E-state index in [2.05, 4.69) is 60.8 Å². The van der Waals surface area contributed by atoms with Gasteiger partial charge in [-0.15, -0.1) is 0 Å². The Labute approximate surface area is 103 Å². The molecular formula is C16H19N. The van der Waals surface area contributed by atoms with Crippen molar-refractivity contribution in [2.75, 3.05) is 13.6 Å². The lowest BCUT2D eigenvalue weighted by Gasteiger charge is -2.09. The zero-order valence-electron chi connectivity index (χ0n) is 10.5. The largest absolute Gasteiger partial charge is 0.319 e. The minimum Gasteiger partial charge on any atom is -0.319 e. The van der Waals surface area contributed by atoms with Crippen LogP contribution >= 0.6 is 0 Å². The van der Waals surface area contributed by atoms with Gasteiger partial charge in [-0.3, -0.25) is 0 Å². The number of hydrogen-bond donors (Lipinski definition) is 1. The number of hydrogen-bond acceptors (Lipinski definition) is 1. The monoisotopic (exact) mass is 225 g/mol. The van der Waals surface area contributed by atoms with E-state index in [0.29, 0.717) is 0 Å². The summed E-state index contributed by atoms with van der Waals surface area (Å²) in [6.45, 7) is 3.20. The lowest BCUT2D eigenvalue weighted by atomic mass is 9.97. The molecule has 1 N–H and O–H groups in total. The van der Waals surface area contributed by atoms with Gasteiger partial charge < -0.3 is 5.32 Å². The molecule has 0 radical (unpaired) electrons. The molecule has 17 heavy (non-hydrogen) atoms. The summed E-state index contributed by atoms with van der Waals surface area (Å²) >= 11 is 0. The quantitative estimate of drug-likeness (QED) is 0.840. The van der Waals surface area contributed by atoms with Gasteiger partial charge in [0.1, 0.15) is 0 Å². The van der Waals surface area contributed by atoms with Crippen LogP contribution in [0.25, 0.3) is 11.1 Å². The first-order valence-corrected chi connectivity index (χ1v) is 6.11. The first-order valence-electron chi connectivity index (χ1n) is 6.11. The van der Waals surface area contributed by atoms with Crippen LogP contribution in [0.2, 0.25) is 0 Å². The van der Waals surface area contributed by atoms with Gasteiger partial charge in [-0.05, 0) is 49.2 Å². The fourth-order valence-electron chi connectivity index (χ4n) is 2.02. The van der Waals surface area contributed by atoms with Crippen LogP contribution in [0.15, 0.2) is 48.5 Å². The van der Waals surface area contributed by atoms with Crippen LogP contribution in [-0.4, -0.2) is 13.6 Å². The Balaban J connectivity index is 2.33. The molecule has 0 aromatic heterocycles. The summed E-state index contributed by atoms with van der Waals surface area (Å²) in [5.74, 6) is 0. The molecule has 0 aliphatic carbocycles. The third-order valence-electron chi connectivity index (χ3n) is 3.05. The number of nitrogens with one attached hydrogen (secondary N) is 1. The van der Waals surface area contributed by atoms with Crippen molar-refractivity contribution in [2.45, 2.75) is 13.3 Å². The Kier molecular flexibility index (Phi) is 3.94. The van der Waals surface area contributed by atoms with Crippen molar-refractivity contribution in [3.63, 3.8) is 0 Å². The maximum Gasteiger partial charge on any atom is -0.00114 e. The normalized spacial score (nSPS) is 10.5. The van der Waals surface area contributed by atoms with Gasteiger partial charge in [-0.25, -0.2) is 0 Å². The number of rotatable bonds is 4. The van der Waals surface area contributed by atoms with E-state index < -0.39 is 0 Å². The van der Waals surface area contributed by atoms with Crippen LogP contribution in [0.3, 0.4) is 0 Å². The van der Waals surface area contributed by atoms with Crippen molar-refractivity contribution in [1.82, 2.24) is 5.32 Å². The third-order valence-corrected chi connectivity index (χ3v) is 3.05. The molecule has 0 saturated carbocycles. The van der Waals surface area contributed by atoms with E-state index in [1.54, 1.807) is 0 Å². The average molecular weight is 225 g/mol. The van der Waals surface area contributed by atoms with Gasteiger partial charge in [0.2, 0.25) is 0 Å². The first-order chi connectivity index (χ1) is 8.31. The van der Waals surface area contributed by atoms with Crippen molar-refractivity contribution >= 4 is 0 Å². The van der Waals surface area contributed by atoms with Crippen molar-refractivity contribution in [3.8, 4) is 11.1 Å². The van der Waals surface area contributed by atoms with E-state index in [9.17, 15) is 0 Å². The van der Waals surface area contributed by atoms with Gasteiger partial charge >= 0.3 is 0 Å². The van der Waals surface area contributed by atoms with E-state index >= 15 is 0 Å². The van der Waals surface area contributed by atoms with E-state index in [4.69, 9.17) is 0 Å². The van der Waals surface area contributed by atoms with E-state index in [1.165, 1.54) is 22.3 Å². The second kappa shape index (κ2) is 5.65. The van der Waals surface area contributed by atoms with E-state index in [0.717, 1.165) is 13.0 Å². The standard InChI is InChI=1S/C16H19N/c1-13-8-9-14(10-11-17-2)12-16(13)15-6-4-3-5-7-15/h3-9,12,17H,10-11H2,1-2H3. The van der Waals surface area contributed by atoms with Crippen LogP contribution in [0, 0.1) is 6.92 Å². The molecule has 2 aromatic carbocycles. The van der Waals surface area contributed by atoms with Gasteiger partial charge in [-0.2, -0.15) is 0 Å². The molecule has 0 saturated heterocycles. The smallest absolute Gasteiger partial charge is 0.00114 e. The molecule has 0 aliphatic rings. The highest BCUT2D eigenvalue weighted by atomic mass is 14.8. The summed E-state index contributed by atoms with van der Waals surface area (Å²) in [4.78, 5) is 0. The predicted molar refractivity (Wildman–Crippen MR) is 74.2 cm³/mol. The van der Waals surface area contributed by atoms with Gasteiger partial charge in [0.25, 0.3) is 0 Å². The maximum atomic E-state index is 3.19. The predicted octanol–water partition coefficient (Wildman–Crippen LogP) is 3.42. The molecule has 2 aromatic rings. The van der Waals surface area contributed by atoms with E-state index in [-0.39, 0.29) is 0 Å². The molecule has 0 spiro atoms. The second-order valence-electron chi connectivity index (χ2n) is 4.37. The molecule has 0 fully saturated rings. The topological polar surface area (TPSA) is 12.0 Å². The summed E-state index contributed by atoms with van der Waals surface area (Å²) < 4.78 is 0. The average Bonchev–Trinajstić information content (AvgIpc) is 2.39. The van der Waals surface area contributed by atoms with Gasteiger partial charge in [0, 0.05) is 0 Å². The van der Waals surface area contributed by atoms with Crippen LogP contribution in [0.4, 0.5) is 0 Å². The molecule has 0 unspecified atom stereocenters. The molecular weight excluding hydrogens is 206 g/mol. The molecule has 1 nitrogen and oxygen atoms in total. The Morgan fingerprint density at radius 2 is 1.76 bits per heavy atom. The molecule has 2 rings (SSSR count). The lowest BCUT2D eigenvalue weighted by Crippen LogP contribution is -2.10. The van der Waals surface area contributed by atoms with Crippen LogP contribution in [-0.2, 0) is 6.42 Å². The van der Waals surface area contributed by atoms with Crippen molar-refractivity contribution in [2.24, 2.45) is 0 Å². The summed E-state index contributed by atoms with van der Waals surface area (Å²) in [5, 5.41) is 3.19. The van der Waals surface area contributed by atoms with Crippen molar-refractivity contribution < 1.29 is 0 Å². The Morgan fingerprint density at radius 1 is 1.00 bits per heavy atom. The summed E-state index contributed by atoms with van der Waals surface area (Å²) in [6.07, 6.45) is 1.08. The summed E-state index contributed by atoms with van der Waals surface area (Å²) in [5.41, 5.74) is 5.38. The maximum absolute atomic E-state index is 3.19. The summed E-state index contributed by atoms with van der Waals surface area (Å²) in [7, 11) is 1.99. The van der Waals surface area contributed by atoms with Gasteiger partial charge in [-0.1, -0.05) is 48.5 Å². The highest BCUT2D eigenvalue weighted by Crippen LogP contribution is 2.24. The molecule has 0 bridgehead atoms. The lowest BCUT2D eigenvalue weighted by molar-refractivity contribution is 0.792. The minimum absolute atomic E-state index is 1.03.